The lowest BCUT2D eigenvalue weighted by Crippen LogP contribution is -2.52. The van der Waals surface area contributed by atoms with Crippen molar-refractivity contribution in [1.29, 1.82) is 0 Å². The summed E-state index contributed by atoms with van der Waals surface area (Å²) in [6.07, 6.45) is 0. The van der Waals surface area contributed by atoms with Crippen LogP contribution in [-0.2, 0) is 10.0 Å². The third-order valence-corrected chi connectivity index (χ3v) is 5.94. The van der Waals surface area contributed by atoms with Crippen LogP contribution in [0.2, 0.25) is 0 Å². The van der Waals surface area contributed by atoms with Crippen molar-refractivity contribution in [2.24, 2.45) is 0 Å². The van der Waals surface area contributed by atoms with Crippen LogP contribution in [-0.4, -0.2) is 38.4 Å². The molecule has 0 bridgehead atoms. The Morgan fingerprint density at radius 3 is 2.83 bits per heavy atom. The quantitative estimate of drug-likeness (QED) is 0.891. The molecule has 18 heavy (non-hydrogen) atoms. The molecule has 0 amide bonds. The molecule has 0 spiro atoms. The highest BCUT2D eigenvalue weighted by Gasteiger charge is 2.34. The summed E-state index contributed by atoms with van der Waals surface area (Å²) in [7, 11) is -3.80. The summed E-state index contributed by atoms with van der Waals surface area (Å²) in [5, 5.41) is 3.11. The van der Waals surface area contributed by atoms with Crippen molar-refractivity contribution in [2.45, 2.75) is 17.9 Å². The van der Waals surface area contributed by atoms with Gasteiger partial charge < -0.3 is 5.32 Å². The van der Waals surface area contributed by atoms with E-state index in [1.54, 1.807) is 6.92 Å². The largest absolute Gasteiger partial charge is 0.314 e. The lowest BCUT2D eigenvalue weighted by molar-refractivity contribution is 0.282. The molecule has 1 fully saturated rings. The second kappa shape index (κ2) is 5.24. The second-order valence-corrected chi connectivity index (χ2v) is 6.90. The Kier molecular flexibility index (Phi) is 4.05. The second-order valence-electron chi connectivity index (χ2n) is 4.22. The van der Waals surface area contributed by atoms with Gasteiger partial charge in [0.2, 0.25) is 10.0 Å². The molecule has 0 radical (unpaired) electrons. The molecule has 2 rings (SSSR count). The smallest absolute Gasteiger partial charge is 0.247 e. The van der Waals surface area contributed by atoms with E-state index in [0.717, 1.165) is 6.07 Å². The molecule has 1 atom stereocenters. The van der Waals surface area contributed by atoms with Crippen LogP contribution in [0.25, 0.3) is 0 Å². The standard InChI is InChI=1S/C11H14BrFN2O2S/c1-8-7-14-5-6-15(8)18(16,17)11-9(12)3-2-4-10(11)13/h2-4,8,14H,5-7H2,1H3. The maximum absolute atomic E-state index is 13.8. The molecule has 0 saturated carbocycles. The Morgan fingerprint density at radius 1 is 1.50 bits per heavy atom. The Bertz CT molecular complexity index is 530. The van der Waals surface area contributed by atoms with E-state index in [9.17, 15) is 12.8 Å². The van der Waals surface area contributed by atoms with Gasteiger partial charge in [0, 0.05) is 30.1 Å². The first-order chi connectivity index (χ1) is 8.44. The van der Waals surface area contributed by atoms with Crippen molar-refractivity contribution in [3.63, 3.8) is 0 Å². The zero-order valence-electron chi connectivity index (χ0n) is 9.86. The van der Waals surface area contributed by atoms with Crippen molar-refractivity contribution in [3.05, 3.63) is 28.5 Å². The number of nitrogens with one attached hydrogen (secondary N) is 1. The third-order valence-electron chi connectivity index (χ3n) is 2.93. The zero-order chi connectivity index (χ0) is 13.3. The van der Waals surface area contributed by atoms with Crippen molar-refractivity contribution in [1.82, 2.24) is 9.62 Å². The molecular weight excluding hydrogens is 323 g/mol. The summed E-state index contributed by atoms with van der Waals surface area (Å²) >= 11 is 3.11. The molecule has 4 nitrogen and oxygen atoms in total. The normalized spacial score (nSPS) is 22.1. The molecule has 7 heteroatoms. The summed E-state index contributed by atoms with van der Waals surface area (Å²) in [5.41, 5.74) is 0. The fraction of sp³-hybridized carbons (Fsp3) is 0.455. The summed E-state index contributed by atoms with van der Waals surface area (Å²) in [4.78, 5) is -0.279. The lowest BCUT2D eigenvalue weighted by atomic mass is 10.3. The minimum absolute atomic E-state index is 0.185. The molecule has 1 N–H and O–H groups in total. The molecule has 100 valence electrons. The summed E-state index contributed by atoms with van der Waals surface area (Å²) in [5.74, 6) is -0.727. The molecular formula is C11H14BrFN2O2S. The molecule has 1 aromatic rings. The highest BCUT2D eigenvalue weighted by atomic mass is 79.9. The predicted octanol–water partition coefficient (Wildman–Crippen LogP) is 1.57. The number of hydrogen-bond acceptors (Lipinski definition) is 3. The number of sulfonamides is 1. The van der Waals surface area contributed by atoms with Crippen LogP contribution in [0.3, 0.4) is 0 Å². The van der Waals surface area contributed by atoms with E-state index in [-0.39, 0.29) is 15.4 Å². The number of benzene rings is 1. The number of halogens is 2. The van der Waals surface area contributed by atoms with Crippen LogP contribution in [0.1, 0.15) is 6.92 Å². The van der Waals surface area contributed by atoms with Gasteiger partial charge in [-0.3, -0.25) is 0 Å². The monoisotopic (exact) mass is 336 g/mol. The van der Waals surface area contributed by atoms with Crippen molar-refractivity contribution in [2.75, 3.05) is 19.6 Å². The minimum atomic E-state index is -3.80. The van der Waals surface area contributed by atoms with E-state index in [1.165, 1.54) is 16.4 Å². The van der Waals surface area contributed by atoms with Gasteiger partial charge in [-0.1, -0.05) is 6.07 Å². The first-order valence-electron chi connectivity index (χ1n) is 5.61. The van der Waals surface area contributed by atoms with Gasteiger partial charge in [0.25, 0.3) is 0 Å². The topological polar surface area (TPSA) is 49.4 Å². The summed E-state index contributed by atoms with van der Waals surface area (Å²) in [6.45, 7) is 3.31. The highest BCUT2D eigenvalue weighted by Crippen LogP contribution is 2.28. The van der Waals surface area contributed by atoms with E-state index in [1.807, 2.05) is 0 Å². The van der Waals surface area contributed by atoms with Gasteiger partial charge in [-0.15, -0.1) is 0 Å². The summed E-state index contributed by atoms with van der Waals surface area (Å²) in [6, 6.07) is 3.97. The van der Waals surface area contributed by atoms with Gasteiger partial charge in [-0.25, -0.2) is 12.8 Å². The van der Waals surface area contributed by atoms with Gasteiger partial charge >= 0.3 is 0 Å². The van der Waals surface area contributed by atoms with Gasteiger partial charge in [0.1, 0.15) is 10.7 Å². The van der Waals surface area contributed by atoms with E-state index in [0.29, 0.717) is 19.6 Å². The molecule has 1 saturated heterocycles. The van der Waals surface area contributed by atoms with Crippen LogP contribution in [0.4, 0.5) is 4.39 Å². The van der Waals surface area contributed by atoms with Crippen LogP contribution in [0, 0.1) is 5.82 Å². The summed E-state index contributed by atoms with van der Waals surface area (Å²) < 4.78 is 40.3. The average Bonchev–Trinajstić information content (AvgIpc) is 2.28. The van der Waals surface area contributed by atoms with Crippen molar-refractivity contribution in [3.8, 4) is 0 Å². The van der Waals surface area contributed by atoms with Crippen molar-refractivity contribution >= 4 is 26.0 Å². The first-order valence-corrected chi connectivity index (χ1v) is 7.84. The van der Waals surface area contributed by atoms with Crippen LogP contribution in [0.5, 0.6) is 0 Å². The van der Waals surface area contributed by atoms with Crippen LogP contribution >= 0.6 is 15.9 Å². The highest BCUT2D eigenvalue weighted by molar-refractivity contribution is 9.10. The van der Waals surface area contributed by atoms with Gasteiger partial charge in [0.05, 0.1) is 0 Å². The van der Waals surface area contributed by atoms with Crippen LogP contribution < -0.4 is 5.32 Å². The third kappa shape index (κ3) is 2.45. The maximum atomic E-state index is 13.8. The average molecular weight is 337 g/mol. The number of hydrogen-bond donors (Lipinski definition) is 1. The molecule has 1 aromatic carbocycles. The Morgan fingerprint density at radius 2 is 2.22 bits per heavy atom. The van der Waals surface area contributed by atoms with E-state index < -0.39 is 15.8 Å². The number of nitrogens with zero attached hydrogens (tertiary/aromatic N) is 1. The first kappa shape index (κ1) is 13.9. The maximum Gasteiger partial charge on any atom is 0.247 e. The van der Waals surface area contributed by atoms with Gasteiger partial charge in [0.15, 0.2) is 0 Å². The van der Waals surface area contributed by atoms with E-state index >= 15 is 0 Å². The zero-order valence-corrected chi connectivity index (χ0v) is 12.3. The molecule has 1 unspecified atom stereocenters. The molecule has 1 heterocycles. The Hall–Kier alpha value is -0.500. The fourth-order valence-corrected chi connectivity index (χ4v) is 4.72. The van der Waals surface area contributed by atoms with Crippen molar-refractivity contribution < 1.29 is 12.8 Å². The van der Waals surface area contributed by atoms with Gasteiger partial charge in [-0.2, -0.15) is 4.31 Å². The van der Waals surface area contributed by atoms with E-state index in [4.69, 9.17) is 0 Å². The van der Waals surface area contributed by atoms with Crippen LogP contribution in [0.15, 0.2) is 27.6 Å². The number of piperazine rings is 1. The molecule has 1 aliphatic heterocycles. The minimum Gasteiger partial charge on any atom is -0.314 e. The molecule has 0 aliphatic carbocycles. The van der Waals surface area contributed by atoms with E-state index in [2.05, 4.69) is 21.2 Å². The molecule has 1 aliphatic rings. The van der Waals surface area contributed by atoms with Gasteiger partial charge in [-0.05, 0) is 35.0 Å². The SMILES string of the molecule is CC1CNCCN1S(=O)(=O)c1c(F)cccc1Br. The Labute approximate surface area is 114 Å². The number of rotatable bonds is 2. The fourth-order valence-electron chi connectivity index (χ4n) is 2.03. The predicted molar refractivity (Wildman–Crippen MR) is 70.3 cm³/mol. The lowest BCUT2D eigenvalue weighted by Gasteiger charge is -2.33. The molecule has 0 aromatic heterocycles. The Balaban J connectivity index is 2.48.